The van der Waals surface area contributed by atoms with Gasteiger partial charge in [0.15, 0.2) is 0 Å². The lowest BCUT2D eigenvalue weighted by atomic mass is 9.98. The van der Waals surface area contributed by atoms with Gasteiger partial charge in [-0.3, -0.25) is 9.58 Å². The van der Waals surface area contributed by atoms with Crippen LogP contribution in [0.3, 0.4) is 0 Å². The Morgan fingerprint density at radius 1 is 1.42 bits per heavy atom. The molecule has 4 nitrogen and oxygen atoms in total. The van der Waals surface area contributed by atoms with Crippen LogP contribution in [0, 0.1) is 0 Å². The van der Waals surface area contributed by atoms with Crippen LogP contribution in [-0.2, 0) is 13.6 Å². The summed E-state index contributed by atoms with van der Waals surface area (Å²) < 4.78 is 3.09. The molecule has 0 aliphatic carbocycles. The van der Waals surface area contributed by atoms with Gasteiger partial charge in [-0.15, -0.1) is 12.4 Å². The summed E-state index contributed by atoms with van der Waals surface area (Å²) in [4.78, 5) is 2.49. The molecule has 0 saturated carbocycles. The zero-order valence-corrected chi connectivity index (χ0v) is 13.9. The highest BCUT2D eigenvalue weighted by molar-refractivity contribution is 9.10. The number of fused-ring (bicyclic) bond motifs is 2. The van der Waals surface area contributed by atoms with Crippen LogP contribution in [0.25, 0.3) is 0 Å². The molecule has 2 atom stereocenters. The van der Waals surface area contributed by atoms with Gasteiger partial charge in [0.05, 0.1) is 16.4 Å². The molecule has 2 aliphatic rings. The molecule has 1 aromatic heterocycles. The maximum absolute atomic E-state index is 4.29. The second-order valence-electron chi connectivity index (χ2n) is 5.74. The molecule has 0 spiro atoms. The van der Waals surface area contributed by atoms with E-state index in [1.807, 2.05) is 17.9 Å². The Labute approximate surface area is 129 Å². The Morgan fingerprint density at radius 2 is 2.05 bits per heavy atom. The van der Waals surface area contributed by atoms with Gasteiger partial charge in [-0.2, -0.15) is 5.10 Å². The molecule has 2 bridgehead atoms. The molecule has 3 heterocycles. The average molecular weight is 350 g/mol. The molecule has 2 unspecified atom stereocenters. The van der Waals surface area contributed by atoms with Crippen molar-refractivity contribution in [3.8, 4) is 0 Å². The van der Waals surface area contributed by atoms with Crippen molar-refractivity contribution >= 4 is 28.3 Å². The number of hydrogen-bond acceptors (Lipinski definition) is 3. The maximum atomic E-state index is 4.29. The van der Waals surface area contributed by atoms with E-state index in [9.17, 15) is 0 Å². The van der Waals surface area contributed by atoms with E-state index in [4.69, 9.17) is 0 Å². The third-order valence-corrected chi connectivity index (χ3v) is 5.14. The summed E-state index contributed by atoms with van der Waals surface area (Å²) in [5, 5.41) is 7.99. The van der Waals surface area contributed by atoms with E-state index >= 15 is 0 Å². The minimum Gasteiger partial charge on any atom is -0.311 e. The Bertz CT molecular complexity index is 405. The van der Waals surface area contributed by atoms with Crippen molar-refractivity contribution in [2.24, 2.45) is 7.05 Å². The van der Waals surface area contributed by atoms with Gasteiger partial charge < -0.3 is 5.32 Å². The first kappa shape index (κ1) is 15.3. The Hall–Kier alpha value is -0.100. The van der Waals surface area contributed by atoms with Gasteiger partial charge in [-0.05, 0) is 48.7 Å². The fraction of sp³-hybridized carbons (Fsp3) is 0.769. The molecule has 0 amide bonds. The van der Waals surface area contributed by atoms with Gasteiger partial charge in [0, 0.05) is 31.7 Å². The van der Waals surface area contributed by atoms with Crippen molar-refractivity contribution in [1.29, 1.82) is 0 Å². The van der Waals surface area contributed by atoms with Crippen LogP contribution in [0.1, 0.15) is 31.4 Å². The summed E-state index contributed by atoms with van der Waals surface area (Å²) in [5.74, 6) is 0. The monoisotopic (exact) mass is 348 g/mol. The van der Waals surface area contributed by atoms with Crippen LogP contribution in [0.2, 0.25) is 0 Å². The molecule has 0 aromatic carbocycles. The second-order valence-corrected chi connectivity index (χ2v) is 6.60. The number of aromatic nitrogens is 2. The number of nitrogens with zero attached hydrogens (tertiary/aromatic N) is 3. The van der Waals surface area contributed by atoms with Gasteiger partial charge >= 0.3 is 0 Å². The number of halogens is 2. The fourth-order valence-electron chi connectivity index (χ4n) is 3.37. The molecule has 108 valence electrons. The zero-order valence-electron chi connectivity index (χ0n) is 11.5. The smallest absolute Gasteiger partial charge is 0.0663 e. The van der Waals surface area contributed by atoms with Crippen molar-refractivity contribution in [3.63, 3.8) is 0 Å². The highest BCUT2D eigenvalue weighted by Crippen LogP contribution is 2.30. The first-order chi connectivity index (χ1) is 8.63. The van der Waals surface area contributed by atoms with Gasteiger partial charge in [-0.1, -0.05) is 0 Å². The Morgan fingerprint density at radius 3 is 2.58 bits per heavy atom. The lowest BCUT2D eigenvalue weighted by molar-refractivity contribution is 0.162. The van der Waals surface area contributed by atoms with Gasteiger partial charge in [-0.25, -0.2) is 0 Å². The molecule has 2 saturated heterocycles. The highest BCUT2D eigenvalue weighted by atomic mass is 79.9. The van der Waals surface area contributed by atoms with Gasteiger partial charge in [0.1, 0.15) is 0 Å². The number of hydrogen-bond donors (Lipinski definition) is 1. The lowest BCUT2D eigenvalue weighted by Crippen LogP contribution is -2.46. The van der Waals surface area contributed by atoms with Crippen molar-refractivity contribution < 1.29 is 0 Å². The fourth-order valence-corrected chi connectivity index (χ4v) is 3.84. The molecule has 3 rings (SSSR count). The maximum Gasteiger partial charge on any atom is 0.0663 e. The number of rotatable bonds is 3. The second kappa shape index (κ2) is 6.12. The standard InChI is InChI=1S/C13H21BrN4.ClH/c1-17(8-13-12(14)7-15-18(13)2)11-5-9-3-4-10(6-11)16-9;/h7,9-11,16H,3-6,8H2,1-2H3;1H. The molecule has 19 heavy (non-hydrogen) atoms. The molecule has 1 N–H and O–H groups in total. The van der Waals surface area contributed by atoms with Crippen LogP contribution in [0.5, 0.6) is 0 Å². The molecule has 2 aliphatic heterocycles. The van der Waals surface area contributed by atoms with Gasteiger partial charge in [0.25, 0.3) is 0 Å². The van der Waals surface area contributed by atoms with Crippen LogP contribution < -0.4 is 5.32 Å². The number of aryl methyl sites for hydroxylation is 1. The van der Waals surface area contributed by atoms with Crippen LogP contribution >= 0.6 is 28.3 Å². The van der Waals surface area contributed by atoms with Gasteiger partial charge in [0.2, 0.25) is 0 Å². The highest BCUT2D eigenvalue weighted by Gasteiger charge is 2.35. The van der Waals surface area contributed by atoms with Crippen molar-refractivity contribution in [3.05, 3.63) is 16.4 Å². The van der Waals surface area contributed by atoms with E-state index < -0.39 is 0 Å². The van der Waals surface area contributed by atoms with Crippen molar-refractivity contribution in [2.75, 3.05) is 7.05 Å². The summed E-state index contributed by atoms with van der Waals surface area (Å²) in [5.41, 5.74) is 1.27. The van der Waals surface area contributed by atoms with E-state index in [0.717, 1.165) is 23.1 Å². The summed E-state index contributed by atoms with van der Waals surface area (Å²) >= 11 is 3.58. The average Bonchev–Trinajstić information content (AvgIpc) is 2.85. The first-order valence-electron chi connectivity index (χ1n) is 6.76. The third-order valence-electron chi connectivity index (χ3n) is 4.48. The van der Waals surface area contributed by atoms with E-state index in [2.05, 4.69) is 38.3 Å². The topological polar surface area (TPSA) is 33.1 Å². The molecule has 1 aromatic rings. The molecule has 2 fully saturated rings. The van der Waals surface area contributed by atoms with E-state index in [0.29, 0.717) is 6.04 Å². The van der Waals surface area contributed by atoms with Crippen LogP contribution in [0.4, 0.5) is 0 Å². The summed E-state index contributed by atoms with van der Waals surface area (Å²) in [6, 6.07) is 2.22. The minimum absolute atomic E-state index is 0. The first-order valence-corrected chi connectivity index (χ1v) is 7.55. The van der Waals surface area contributed by atoms with Crippen LogP contribution in [-0.4, -0.2) is 39.9 Å². The molecule has 6 heteroatoms. The predicted octanol–water partition coefficient (Wildman–Crippen LogP) is 2.32. The van der Waals surface area contributed by atoms with Crippen LogP contribution in [0.15, 0.2) is 10.7 Å². The lowest BCUT2D eigenvalue weighted by Gasteiger charge is -2.35. The Balaban J connectivity index is 0.00000133. The third kappa shape index (κ3) is 3.15. The largest absolute Gasteiger partial charge is 0.311 e. The quantitative estimate of drug-likeness (QED) is 0.909. The van der Waals surface area contributed by atoms with E-state index in [1.165, 1.54) is 31.4 Å². The van der Waals surface area contributed by atoms with Crippen molar-refractivity contribution in [1.82, 2.24) is 20.0 Å². The Kier molecular flexibility index (Phi) is 4.93. The minimum atomic E-state index is 0. The molecular weight excluding hydrogens is 328 g/mol. The number of nitrogens with one attached hydrogen (secondary N) is 1. The van der Waals surface area contributed by atoms with Crippen molar-refractivity contribution in [2.45, 2.75) is 50.4 Å². The zero-order chi connectivity index (χ0) is 12.7. The summed E-state index contributed by atoms with van der Waals surface area (Å²) in [6.45, 7) is 0.973. The predicted molar refractivity (Wildman–Crippen MR) is 82.6 cm³/mol. The summed E-state index contributed by atoms with van der Waals surface area (Å²) in [6.07, 6.45) is 7.20. The normalized spacial score (nSPS) is 29.6. The van der Waals surface area contributed by atoms with E-state index in [1.54, 1.807) is 0 Å². The SMILES string of the molecule is CN(Cc1c(Br)cnn1C)C1CC2CCC(C1)N2.Cl. The summed E-state index contributed by atoms with van der Waals surface area (Å²) in [7, 11) is 4.26. The molecule has 0 radical (unpaired) electrons. The van der Waals surface area contributed by atoms with E-state index in [-0.39, 0.29) is 12.4 Å². The molecular formula is C13H22BrClN4. The number of piperidine rings is 1.